The van der Waals surface area contributed by atoms with E-state index in [9.17, 15) is 9.59 Å². The topological polar surface area (TPSA) is 82.8 Å². The average molecular weight is 577 g/mol. The molecule has 0 unspecified atom stereocenters. The molecule has 220 valence electrons. The van der Waals surface area contributed by atoms with E-state index in [4.69, 9.17) is 9.72 Å². The highest BCUT2D eigenvalue weighted by atomic mass is 16.5. The molecule has 4 aromatic rings. The van der Waals surface area contributed by atoms with E-state index in [-0.39, 0.29) is 17.9 Å². The van der Waals surface area contributed by atoms with Gasteiger partial charge in [0.2, 0.25) is 0 Å². The highest BCUT2D eigenvalue weighted by Crippen LogP contribution is 2.34. The van der Waals surface area contributed by atoms with Gasteiger partial charge in [0.25, 0.3) is 11.8 Å². The van der Waals surface area contributed by atoms with Crippen LogP contribution in [0.5, 0.6) is 5.75 Å². The van der Waals surface area contributed by atoms with Gasteiger partial charge < -0.3 is 14.5 Å². The zero-order valence-corrected chi connectivity index (χ0v) is 24.5. The summed E-state index contributed by atoms with van der Waals surface area (Å²) in [6, 6.07) is 19.8. The van der Waals surface area contributed by atoms with Crippen LogP contribution in [0.15, 0.2) is 71.9 Å². The number of hydrogen-bond donors (Lipinski definition) is 0. The van der Waals surface area contributed by atoms with Crippen molar-refractivity contribution in [1.82, 2.24) is 24.1 Å². The first-order chi connectivity index (χ1) is 21.1. The molecular formula is C34H36N6O3. The third-order valence-electron chi connectivity index (χ3n) is 8.79. The molecule has 2 amide bonds. The number of nitrogens with zero attached hydrogens (tertiary/aromatic N) is 6. The van der Waals surface area contributed by atoms with E-state index in [1.54, 1.807) is 0 Å². The van der Waals surface area contributed by atoms with Gasteiger partial charge in [0.15, 0.2) is 5.69 Å². The Labute approximate surface area is 251 Å². The number of imidazole rings is 1. The molecule has 0 bridgehead atoms. The van der Waals surface area contributed by atoms with Crippen LogP contribution in [0, 0.1) is 6.92 Å². The number of fused-ring (bicyclic) bond motifs is 3. The first kappa shape index (κ1) is 27.3. The number of benzene rings is 2. The number of amides is 2. The van der Waals surface area contributed by atoms with Gasteiger partial charge in [-0.1, -0.05) is 36.4 Å². The molecule has 2 aromatic carbocycles. The minimum Gasteiger partial charge on any atom is -0.493 e. The van der Waals surface area contributed by atoms with E-state index in [0.29, 0.717) is 36.6 Å². The molecule has 0 radical (unpaired) electrons. The summed E-state index contributed by atoms with van der Waals surface area (Å²) in [5.74, 6) is 1.61. The molecule has 9 heteroatoms. The Balaban J connectivity index is 0.934. The smallest absolute Gasteiger partial charge is 0.274 e. The van der Waals surface area contributed by atoms with Crippen molar-refractivity contribution in [3.8, 4) is 17.1 Å². The second-order valence-corrected chi connectivity index (χ2v) is 11.6. The summed E-state index contributed by atoms with van der Waals surface area (Å²) in [7, 11) is 0. The summed E-state index contributed by atoms with van der Waals surface area (Å²) in [5, 5.41) is 0. The zero-order valence-electron chi connectivity index (χ0n) is 24.5. The van der Waals surface area contributed by atoms with Crippen LogP contribution in [-0.2, 0) is 0 Å². The van der Waals surface area contributed by atoms with Gasteiger partial charge in [-0.15, -0.1) is 0 Å². The quantitative estimate of drug-likeness (QED) is 0.294. The number of piperazine rings is 1. The van der Waals surface area contributed by atoms with Gasteiger partial charge in [-0.25, -0.2) is 4.98 Å². The van der Waals surface area contributed by atoms with Crippen LogP contribution in [-0.4, -0.2) is 94.0 Å². The summed E-state index contributed by atoms with van der Waals surface area (Å²) in [6.07, 6.45) is 6.75. The molecule has 2 fully saturated rings. The van der Waals surface area contributed by atoms with Crippen molar-refractivity contribution in [1.29, 1.82) is 0 Å². The minimum atomic E-state index is -0.0193. The minimum absolute atomic E-state index is 0.0193. The Bertz CT molecular complexity index is 1690. The first-order valence-electron chi connectivity index (χ1n) is 15.2. The van der Waals surface area contributed by atoms with Crippen molar-refractivity contribution < 1.29 is 14.3 Å². The number of hydrogen-bond acceptors (Lipinski definition) is 6. The van der Waals surface area contributed by atoms with Crippen LogP contribution < -0.4 is 4.74 Å². The zero-order chi connectivity index (χ0) is 29.3. The summed E-state index contributed by atoms with van der Waals surface area (Å²) >= 11 is 0. The molecule has 2 saturated heterocycles. The number of ether oxygens (including phenoxy) is 1. The van der Waals surface area contributed by atoms with Crippen molar-refractivity contribution in [2.75, 3.05) is 45.9 Å². The number of aryl methyl sites for hydroxylation is 1. The lowest BCUT2D eigenvalue weighted by Crippen LogP contribution is -2.49. The summed E-state index contributed by atoms with van der Waals surface area (Å²) < 4.78 is 8.16. The molecule has 0 saturated carbocycles. The summed E-state index contributed by atoms with van der Waals surface area (Å²) in [4.78, 5) is 42.3. The molecule has 5 heterocycles. The second kappa shape index (κ2) is 11.6. The molecule has 9 nitrogen and oxygen atoms in total. The highest BCUT2D eigenvalue weighted by Gasteiger charge is 2.32. The Morgan fingerprint density at radius 2 is 1.81 bits per heavy atom. The van der Waals surface area contributed by atoms with E-state index >= 15 is 0 Å². The van der Waals surface area contributed by atoms with Crippen LogP contribution >= 0.6 is 0 Å². The molecule has 1 atom stereocenters. The molecule has 0 spiro atoms. The lowest BCUT2D eigenvalue weighted by molar-refractivity contribution is 0.0627. The number of rotatable bonds is 7. The maximum Gasteiger partial charge on any atom is 0.274 e. The molecular weight excluding hydrogens is 540 g/mol. The Morgan fingerprint density at radius 3 is 2.65 bits per heavy atom. The predicted molar refractivity (Wildman–Crippen MR) is 166 cm³/mol. The summed E-state index contributed by atoms with van der Waals surface area (Å²) in [6.45, 7) is 7.22. The first-order valence-corrected chi connectivity index (χ1v) is 15.2. The Morgan fingerprint density at radius 1 is 1.00 bits per heavy atom. The highest BCUT2D eigenvalue weighted by molar-refractivity contribution is 6.03. The van der Waals surface area contributed by atoms with Gasteiger partial charge in [-0.2, -0.15) is 0 Å². The van der Waals surface area contributed by atoms with Crippen molar-refractivity contribution in [2.45, 2.75) is 32.2 Å². The van der Waals surface area contributed by atoms with Gasteiger partial charge in [0.1, 0.15) is 11.6 Å². The number of carbonyl (C=O) groups is 2. The van der Waals surface area contributed by atoms with Crippen molar-refractivity contribution in [3.63, 3.8) is 0 Å². The van der Waals surface area contributed by atoms with Crippen molar-refractivity contribution >= 4 is 29.2 Å². The van der Waals surface area contributed by atoms with E-state index < -0.39 is 0 Å². The standard InChI is InChI=1S/C34H36N6O3/c1-24-21-27-28(35-23-26-11-7-15-39(26)33(27)41)22-30(24)43-20-8-13-37-16-18-38(19-17-37)34(42)31-29-12-5-6-14-40(29)32(36-31)25-9-3-2-4-10-25/h2-6,9-10,12,14,21-23,26H,7-8,11,13,15-20H2,1H3/t26-/m0/s1. The number of pyridine rings is 1. The van der Waals surface area contributed by atoms with Gasteiger partial charge >= 0.3 is 0 Å². The largest absolute Gasteiger partial charge is 0.493 e. The maximum atomic E-state index is 13.6. The third-order valence-corrected chi connectivity index (χ3v) is 8.79. The molecule has 43 heavy (non-hydrogen) atoms. The third kappa shape index (κ3) is 5.29. The molecule has 0 aliphatic carbocycles. The van der Waals surface area contributed by atoms with Gasteiger partial charge in [0.05, 0.1) is 29.4 Å². The van der Waals surface area contributed by atoms with Crippen LogP contribution in [0.1, 0.15) is 45.7 Å². The van der Waals surface area contributed by atoms with E-state index in [1.807, 2.05) is 94.2 Å². The van der Waals surface area contributed by atoms with Crippen molar-refractivity contribution in [3.05, 3.63) is 83.7 Å². The molecule has 7 rings (SSSR count). The Kier molecular flexibility index (Phi) is 7.40. The van der Waals surface area contributed by atoms with Gasteiger partial charge in [0, 0.05) is 63.3 Å². The normalized spacial score (nSPS) is 18.5. The number of aliphatic imine (C=N–C) groups is 1. The van der Waals surface area contributed by atoms with Crippen LogP contribution in [0.4, 0.5) is 5.69 Å². The van der Waals surface area contributed by atoms with Gasteiger partial charge in [-0.05, 0) is 49.9 Å². The van der Waals surface area contributed by atoms with E-state index in [2.05, 4.69) is 9.89 Å². The predicted octanol–water partition coefficient (Wildman–Crippen LogP) is 4.86. The number of aromatic nitrogens is 2. The van der Waals surface area contributed by atoms with E-state index in [1.165, 1.54) is 0 Å². The molecule has 2 aromatic heterocycles. The van der Waals surface area contributed by atoms with Crippen molar-refractivity contribution in [2.24, 2.45) is 4.99 Å². The second-order valence-electron chi connectivity index (χ2n) is 11.6. The van der Waals surface area contributed by atoms with Crippen LogP contribution in [0.2, 0.25) is 0 Å². The SMILES string of the molecule is Cc1cc2c(cc1OCCCN1CCN(C(=O)c3nc(-c4ccccc4)n4ccccc34)CC1)N=C[C@@H]1CCCN1C2=O. The van der Waals surface area contributed by atoms with Crippen LogP contribution in [0.25, 0.3) is 16.9 Å². The fraction of sp³-hybridized carbons (Fsp3) is 0.353. The average Bonchev–Trinajstić information content (AvgIpc) is 3.65. The lowest BCUT2D eigenvalue weighted by atomic mass is 10.1. The lowest BCUT2D eigenvalue weighted by Gasteiger charge is -2.34. The molecule has 3 aliphatic rings. The molecule has 0 N–H and O–H groups in total. The fourth-order valence-electron chi connectivity index (χ4n) is 6.41. The summed E-state index contributed by atoms with van der Waals surface area (Å²) in [5.41, 5.74) is 4.63. The van der Waals surface area contributed by atoms with Crippen LogP contribution in [0.3, 0.4) is 0 Å². The molecule has 3 aliphatic heterocycles. The Hall–Kier alpha value is -4.50. The number of carbonyl (C=O) groups excluding carboxylic acids is 2. The monoisotopic (exact) mass is 576 g/mol. The van der Waals surface area contributed by atoms with Gasteiger partial charge in [-0.3, -0.25) is 23.9 Å². The fourth-order valence-corrected chi connectivity index (χ4v) is 6.41. The maximum absolute atomic E-state index is 13.6. The van der Waals surface area contributed by atoms with E-state index in [0.717, 1.165) is 73.7 Å².